The molecule has 0 aliphatic carbocycles. The van der Waals surface area contributed by atoms with Gasteiger partial charge in [0.1, 0.15) is 0 Å². The molecular weight excluding hydrogens is 144 g/mol. The van der Waals surface area contributed by atoms with Crippen LogP contribution in [0, 0.1) is 0 Å². The smallest absolute Gasteiger partial charge is 0.319 e. The minimum atomic E-state index is -0.181. The summed E-state index contributed by atoms with van der Waals surface area (Å²) in [5, 5.41) is 0. The van der Waals surface area contributed by atoms with Crippen molar-refractivity contribution in [3.05, 3.63) is 0 Å². The first-order valence-electron chi connectivity index (χ1n) is 3.77. The molecule has 1 heterocycles. The van der Waals surface area contributed by atoms with Gasteiger partial charge in [-0.05, 0) is 6.42 Å². The summed E-state index contributed by atoms with van der Waals surface area (Å²) in [7, 11) is 1.40. The highest BCUT2D eigenvalue weighted by molar-refractivity contribution is 5.71. The van der Waals surface area contributed by atoms with Gasteiger partial charge in [-0.3, -0.25) is 9.69 Å². The monoisotopic (exact) mass is 158 g/mol. The minimum Gasteiger partial charge on any atom is -0.468 e. The Morgan fingerprint density at radius 2 is 2.55 bits per heavy atom. The molecule has 1 unspecified atom stereocenters. The third kappa shape index (κ3) is 2.48. The average Bonchev–Trinajstić information content (AvgIpc) is 2.35. The predicted molar refractivity (Wildman–Crippen MR) is 41.0 cm³/mol. The molecule has 4 nitrogen and oxygen atoms in total. The zero-order valence-electron chi connectivity index (χ0n) is 6.75. The van der Waals surface area contributed by atoms with E-state index in [1.807, 2.05) is 4.90 Å². The van der Waals surface area contributed by atoms with Crippen molar-refractivity contribution in [3.8, 4) is 0 Å². The molecule has 2 N–H and O–H groups in total. The van der Waals surface area contributed by atoms with Gasteiger partial charge in [0.2, 0.25) is 0 Å². The van der Waals surface area contributed by atoms with E-state index >= 15 is 0 Å². The molecule has 0 amide bonds. The molecule has 0 spiro atoms. The summed E-state index contributed by atoms with van der Waals surface area (Å²) in [5.41, 5.74) is 5.65. The highest BCUT2D eigenvalue weighted by Crippen LogP contribution is 2.05. The Balaban J connectivity index is 2.23. The number of esters is 1. The molecule has 0 radical (unpaired) electrons. The maximum absolute atomic E-state index is 10.8. The number of hydrogen-bond acceptors (Lipinski definition) is 4. The van der Waals surface area contributed by atoms with Gasteiger partial charge >= 0.3 is 5.97 Å². The Morgan fingerprint density at radius 1 is 1.82 bits per heavy atom. The number of carbonyl (C=O) groups is 1. The van der Waals surface area contributed by atoms with Crippen LogP contribution in [0.25, 0.3) is 0 Å². The lowest BCUT2D eigenvalue weighted by molar-refractivity contribution is -0.141. The Hall–Kier alpha value is -0.610. The van der Waals surface area contributed by atoms with E-state index in [0.29, 0.717) is 6.54 Å². The summed E-state index contributed by atoms with van der Waals surface area (Å²) in [5.74, 6) is -0.181. The summed E-state index contributed by atoms with van der Waals surface area (Å²) in [4.78, 5) is 12.8. The van der Waals surface area contributed by atoms with Gasteiger partial charge in [-0.2, -0.15) is 0 Å². The van der Waals surface area contributed by atoms with Gasteiger partial charge in [0.15, 0.2) is 0 Å². The van der Waals surface area contributed by atoms with Gasteiger partial charge in [0.05, 0.1) is 13.7 Å². The molecule has 0 aromatic rings. The lowest BCUT2D eigenvalue weighted by atomic mass is 10.3. The average molecular weight is 158 g/mol. The number of methoxy groups -OCH3 is 1. The number of nitrogens with zero attached hydrogens (tertiary/aromatic N) is 1. The molecule has 4 heteroatoms. The van der Waals surface area contributed by atoms with Crippen LogP contribution < -0.4 is 5.73 Å². The lowest BCUT2D eigenvalue weighted by Gasteiger charge is -2.12. The molecular formula is C7H14N2O2. The molecule has 0 aromatic carbocycles. The maximum atomic E-state index is 10.8. The number of hydrogen-bond donors (Lipinski definition) is 1. The van der Waals surface area contributed by atoms with Crippen molar-refractivity contribution >= 4 is 5.97 Å². The standard InChI is InChI=1S/C7H14N2O2/c1-11-7(10)5-9-3-2-6(8)4-9/h6H,2-5,8H2,1H3. The molecule has 64 valence electrons. The van der Waals surface area contributed by atoms with Crippen molar-refractivity contribution in [3.63, 3.8) is 0 Å². The van der Waals surface area contributed by atoms with Crippen molar-refractivity contribution in [2.75, 3.05) is 26.7 Å². The van der Waals surface area contributed by atoms with Gasteiger partial charge in [0, 0.05) is 19.1 Å². The third-order valence-electron chi connectivity index (χ3n) is 1.89. The molecule has 1 aliphatic rings. The molecule has 0 saturated carbocycles. The van der Waals surface area contributed by atoms with E-state index in [4.69, 9.17) is 5.73 Å². The van der Waals surface area contributed by atoms with E-state index in [1.54, 1.807) is 0 Å². The molecule has 0 aromatic heterocycles. The fraction of sp³-hybridized carbons (Fsp3) is 0.857. The fourth-order valence-electron chi connectivity index (χ4n) is 1.25. The molecule has 1 aliphatic heterocycles. The third-order valence-corrected chi connectivity index (χ3v) is 1.89. The first-order valence-corrected chi connectivity index (χ1v) is 3.77. The van der Waals surface area contributed by atoms with Gasteiger partial charge in [-0.15, -0.1) is 0 Å². The number of likely N-dealkylation sites (tertiary alicyclic amines) is 1. The van der Waals surface area contributed by atoms with Crippen molar-refractivity contribution < 1.29 is 9.53 Å². The highest BCUT2D eigenvalue weighted by Gasteiger charge is 2.20. The Labute approximate surface area is 66.3 Å². The summed E-state index contributed by atoms with van der Waals surface area (Å²) in [6, 6.07) is 0.236. The predicted octanol–water partition coefficient (Wildman–Crippen LogP) is -0.808. The molecule has 1 rings (SSSR count). The van der Waals surface area contributed by atoms with Crippen molar-refractivity contribution in [2.24, 2.45) is 5.73 Å². The topological polar surface area (TPSA) is 55.6 Å². The summed E-state index contributed by atoms with van der Waals surface area (Å²) >= 11 is 0. The van der Waals surface area contributed by atoms with Crippen molar-refractivity contribution in [2.45, 2.75) is 12.5 Å². The quantitative estimate of drug-likeness (QED) is 0.534. The first kappa shape index (κ1) is 8.49. The second kappa shape index (κ2) is 3.69. The Kier molecular flexibility index (Phi) is 2.84. The van der Waals surface area contributed by atoms with Gasteiger partial charge in [-0.1, -0.05) is 0 Å². The summed E-state index contributed by atoms with van der Waals surface area (Å²) in [6.07, 6.45) is 0.983. The van der Waals surface area contributed by atoms with Crippen LogP contribution >= 0.6 is 0 Å². The zero-order valence-corrected chi connectivity index (χ0v) is 6.75. The van der Waals surface area contributed by atoms with Crippen LogP contribution in [0.2, 0.25) is 0 Å². The normalized spacial score (nSPS) is 25.5. The van der Waals surface area contributed by atoms with Crippen LogP contribution in [0.5, 0.6) is 0 Å². The first-order chi connectivity index (χ1) is 5.22. The van der Waals surface area contributed by atoms with Crippen LogP contribution in [0.4, 0.5) is 0 Å². The van der Waals surface area contributed by atoms with E-state index in [0.717, 1.165) is 19.5 Å². The number of carbonyl (C=O) groups excluding carboxylic acids is 1. The Morgan fingerprint density at radius 3 is 3.00 bits per heavy atom. The second-order valence-corrected chi connectivity index (χ2v) is 2.86. The van der Waals surface area contributed by atoms with Gasteiger partial charge in [-0.25, -0.2) is 0 Å². The number of ether oxygens (including phenoxy) is 1. The minimum absolute atomic E-state index is 0.181. The van der Waals surface area contributed by atoms with Gasteiger partial charge < -0.3 is 10.5 Å². The van der Waals surface area contributed by atoms with E-state index in [1.165, 1.54) is 7.11 Å². The fourth-order valence-corrected chi connectivity index (χ4v) is 1.25. The number of rotatable bonds is 2. The number of nitrogens with two attached hydrogens (primary N) is 1. The van der Waals surface area contributed by atoms with Gasteiger partial charge in [0.25, 0.3) is 0 Å². The summed E-state index contributed by atoms with van der Waals surface area (Å²) < 4.78 is 4.53. The largest absolute Gasteiger partial charge is 0.468 e. The Bertz CT molecular complexity index is 149. The molecule has 0 bridgehead atoms. The maximum Gasteiger partial charge on any atom is 0.319 e. The molecule has 11 heavy (non-hydrogen) atoms. The second-order valence-electron chi connectivity index (χ2n) is 2.86. The summed E-state index contributed by atoms with van der Waals surface area (Å²) in [6.45, 7) is 2.11. The van der Waals surface area contributed by atoms with Crippen molar-refractivity contribution in [1.29, 1.82) is 0 Å². The molecule has 1 saturated heterocycles. The van der Waals surface area contributed by atoms with E-state index in [-0.39, 0.29) is 12.0 Å². The highest BCUT2D eigenvalue weighted by atomic mass is 16.5. The van der Waals surface area contributed by atoms with Crippen LogP contribution in [0.1, 0.15) is 6.42 Å². The van der Waals surface area contributed by atoms with E-state index < -0.39 is 0 Å². The van der Waals surface area contributed by atoms with E-state index in [2.05, 4.69) is 4.74 Å². The lowest BCUT2D eigenvalue weighted by Crippen LogP contribution is -2.31. The van der Waals surface area contributed by atoms with Crippen molar-refractivity contribution in [1.82, 2.24) is 4.90 Å². The van der Waals surface area contributed by atoms with E-state index in [9.17, 15) is 4.79 Å². The van der Waals surface area contributed by atoms with Crippen LogP contribution in [-0.2, 0) is 9.53 Å². The molecule has 1 atom stereocenters. The zero-order chi connectivity index (χ0) is 8.27. The van der Waals surface area contributed by atoms with Crippen LogP contribution in [0.15, 0.2) is 0 Å². The molecule has 1 fully saturated rings. The van der Waals surface area contributed by atoms with Crippen LogP contribution in [0.3, 0.4) is 0 Å². The van der Waals surface area contributed by atoms with Crippen LogP contribution in [-0.4, -0.2) is 43.7 Å². The SMILES string of the molecule is COC(=O)CN1CCC(N)C1.